The van der Waals surface area contributed by atoms with Gasteiger partial charge in [0.25, 0.3) is 0 Å². The minimum Gasteiger partial charge on any atom is -0.330 e. The molecule has 100 valence electrons. The molecule has 2 unspecified atom stereocenters. The highest BCUT2D eigenvalue weighted by Crippen LogP contribution is 2.39. The second kappa shape index (κ2) is 6.18. The Hall–Kier alpha value is -0.380. The van der Waals surface area contributed by atoms with Gasteiger partial charge in [0.15, 0.2) is 0 Å². The number of hydrogen-bond acceptors (Lipinski definition) is 2. The van der Waals surface area contributed by atoms with E-state index in [1.165, 1.54) is 41.5 Å². The normalized spacial score (nSPS) is 24.7. The number of nitrogens with two attached hydrogens (primary N) is 1. The van der Waals surface area contributed by atoms with E-state index in [9.17, 15) is 0 Å². The number of hydrogen-bond donors (Lipinski definition) is 1. The van der Waals surface area contributed by atoms with E-state index < -0.39 is 0 Å². The summed E-state index contributed by atoms with van der Waals surface area (Å²) in [4.78, 5) is 2.59. The lowest BCUT2D eigenvalue weighted by Gasteiger charge is -2.29. The van der Waals surface area contributed by atoms with E-state index in [4.69, 9.17) is 5.73 Å². The molecule has 1 aromatic carbocycles. The van der Waals surface area contributed by atoms with Crippen molar-refractivity contribution in [2.45, 2.75) is 32.7 Å². The third-order valence-corrected chi connectivity index (χ3v) is 4.60. The van der Waals surface area contributed by atoms with Gasteiger partial charge in [-0.2, -0.15) is 0 Å². The Morgan fingerprint density at radius 3 is 2.83 bits per heavy atom. The van der Waals surface area contributed by atoms with E-state index in [0.29, 0.717) is 12.0 Å². The molecule has 0 amide bonds. The van der Waals surface area contributed by atoms with Gasteiger partial charge in [0, 0.05) is 10.5 Å². The van der Waals surface area contributed by atoms with Gasteiger partial charge in [0.1, 0.15) is 0 Å². The average molecular weight is 311 g/mol. The van der Waals surface area contributed by atoms with Gasteiger partial charge in [-0.05, 0) is 62.5 Å². The Morgan fingerprint density at radius 1 is 1.44 bits per heavy atom. The fraction of sp³-hybridized carbons (Fsp3) is 0.600. The molecule has 3 heteroatoms. The summed E-state index contributed by atoms with van der Waals surface area (Å²) in [5, 5.41) is 0. The first-order valence-corrected chi connectivity index (χ1v) is 7.66. The highest BCUT2D eigenvalue weighted by atomic mass is 79.9. The first-order valence-electron chi connectivity index (χ1n) is 6.87. The van der Waals surface area contributed by atoms with Crippen molar-refractivity contribution in [2.24, 2.45) is 11.7 Å². The van der Waals surface area contributed by atoms with Crippen LogP contribution in [0.25, 0.3) is 0 Å². The van der Waals surface area contributed by atoms with Crippen molar-refractivity contribution < 1.29 is 0 Å². The summed E-state index contributed by atoms with van der Waals surface area (Å²) in [5.41, 5.74) is 8.66. The molecule has 0 saturated carbocycles. The summed E-state index contributed by atoms with van der Waals surface area (Å²) >= 11 is 3.72. The van der Waals surface area contributed by atoms with Crippen LogP contribution in [0, 0.1) is 12.8 Å². The fourth-order valence-corrected chi connectivity index (χ4v) is 3.76. The first kappa shape index (κ1) is 14.0. The zero-order valence-electron chi connectivity index (χ0n) is 11.3. The second-order valence-electron chi connectivity index (χ2n) is 5.29. The lowest BCUT2D eigenvalue weighted by Crippen LogP contribution is -2.29. The monoisotopic (exact) mass is 310 g/mol. The Kier molecular flexibility index (Phi) is 4.82. The van der Waals surface area contributed by atoms with E-state index in [1.54, 1.807) is 0 Å². The summed E-state index contributed by atoms with van der Waals surface area (Å²) in [6, 6.07) is 7.17. The van der Waals surface area contributed by atoms with Gasteiger partial charge in [-0.15, -0.1) is 0 Å². The van der Waals surface area contributed by atoms with E-state index in [2.05, 4.69) is 52.9 Å². The smallest absolute Gasteiger partial charge is 0.0399 e. The number of halogens is 1. The molecule has 0 bridgehead atoms. The van der Waals surface area contributed by atoms with Crippen molar-refractivity contribution in [3.8, 4) is 0 Å². The van der Waals surface area contributed by atoms with Gasteiger partial charge in [0.2, 0.25) is 0 Å². The minimum absolute atomic E-state index is 0.491. The summed E-state index contributed by atoms with van der Waals surface area (Å²) < 4.78 is 1.23. The Balaban J connectivity index is 2.31. The molecule has 1 saturated heterocycles. The molecular formula is C15H23BrN2. The molecule has 1 aromatic rings. The molecule has 2 N–H and O–H groups in total. The topological polar surface area (TPSA) is 29.3 Å². The van der Waals surface area contributed by atoms with Crippen LogP contribution in [0.5, 0.6) is 0 Å². The fourth-order valence-electron chi connectivity index (χ4n) is 3.03. The van der Waals surface area contributed by atoms with Gasteiger partial charge in [-0.1, -0.05) is 35.0 Å². The van der Waals surface area contributed by atoms with Crippen molar-refractivity contribution in [3.63, 3.8) is 0 Å². The van der Waals surface area contributed by atoms with Crippen LogP contribution in [0.2, 0.25) is 0 Å². The zero-order valence-corrected chi connectivity index (χ0v) is 12.9. The maximum Gasteiger partial charge on any atom is 0.0399 e. The molecule has 1 heterocycles. The molecule has 0 spiro atoms. The molecule has 2 rings (SSSR count). The predicted molar refractivity (Wildman–Crippen MR) is 80.6 cm³/mol. The number of nitrogens with zero attached hydrogens (tertiary/aromatic N) is 1. The van der Waals surface area contributed by atoms with E-state index in [1.807, 2.05) is 0 Å². The van der Waals surface area contributed by atoms with Gasteiger partial charge in [-0.3, -0.25) is 4.90 Å². The van der Waals surface area contributed by atoms with Crippen LogP contribution in [-0.4, -0.2) is 24.5 Å². The van der Waals surface area contributed by atoms with E-state index in [-0.39, 0.29) is 0 Å². The van der Waals surface area contributed by atoms with Crippen molar-refractivity contribution >= 4 is 15.9 Å². The Bertz CT molecular complexity index is 405. The summed E-state index contributed by atoms with van der Waals surface area (Å²) in [6.07, 6.45) is 2.43. The minimum atomic E-state index is 0.491. The highest BCUT2D eigenvalue weighted by Gasteiger charge is 2.34. The van der Waals surface area contributed by atoms with Crippen molar-refractivity contribution in [3.05, 3.63) is 33.8 Å². The summed E-state index contributed by atoms with van der Waals surface area (Å²) in [7, 11) is 0. The number of aryl methyl sites for hydroxylation is 1. The third-order valence-electron chi connectivity index (χ3n) is 3.92. The summed E-state index contributed by atoms with van der Waals surface area (Å²) in [6.45, 7) is 7.51. The largest absolute Gasteiger partial charge is 0.330 e. The molecule has 0 aromatic heterocycles. The second-order valence-corrected chi connectivity index (χ2v) is 6.14. The first-order chi connectivity index (χ1) is 8.67. The maximum atomic E-state index is 5.96. The van der Waals surface area contributed by atoms with Crippen LogP contribution in [-0.2, 0) is 0 Å². The lowest BCUT2D eigenvalue weighted by molar-refractivity contribution is 0.230. The zero-order chi connectivity index (χ0) is 13.1. The molecule has 1 fully saturated rings. The van der Waals surface area contributed by atoms with Crippen LogP contribution in [0.1, 0.15) is 36.9 Å². The van der Waals surface area contributed by atoms with E-state index in [0.717, 1.165) is 6.54 Å². The van der Waals surface area contributed by atoms with Crippen molar-refractivity contribution in [1.82, 2.24) is 4.90 Å². The highest BCUT2D eigenvalue weighted by molar-refractivity contribution is 9.10. The molecule has 2 atom stereocenters. The van der Waals surface area contributed by atoms with Crippen LogP contribution in [0.4, 0.5) is 0 Å². The summed E-state index contributed by atoms with van der Waals surface area (Å²) in [5.74, 6) is 0.593. The van der Waals surface area contributed by atoms with Crippen LogP contribution in [0.3, 0.4) is 0 Å². The number of rotatable bonds is 4. The average Bonchev–Trinajstić information content (AvgIpc) is 2.73. The Morgan fingerprint density at radius 2 is 2.22 bits per heavy atom. The van der Waals surface area contributed by atoms with Gasteiger partial charge >= 0.3 is 0 Å². The predicted octanol–water partition coefficient (Wildman–Crippen LogP) is 3.49. The lowest BCUT2D eigenvalue weighted by atomic mass is 9.93. The maximum absolute atomic E-state index is 5.96. The van der Waals surface area contributed by atoms with Crippen molar-refractivity contribution in [1.29, 1.82) is 0 Å². The van der Waals surface area contributed by atoms with Crippen molar-refractivity contribution in [2.75, 3.05) is 19.6 Å². The molecule has 0 aliphatic carbocycles. The Labute approximate surface area is 119 Å². The molecule has 18 heavy (non-hydrogen) atoms. The SMILES string of the molecule is CCCN1CCC(CN)C1c1ccc(C)cc1Br. The standard InChI is InChI=1S/C15H23BrN2/c1-3-7-18-8-6-12(10-17)15(18)13-5-4-11(2)9-14(13)16/h4-5,9,12,15H,3,6-8,10,17H2,1-2H3. The van der Waals surface area contributed by atoms with E-state index >= 15 is 0 Å². The van der Waals surface area contributed by atoms with Gasteiger partial charge in [0.05, 0.1) is 0 Å². The van der Waals surface area contributed by atoms with Crippen LogP contribution >= 0.6 is 15.9 Å². The number of likely N-dealkylation sites (tertiary alicyclic amines) is 1. The quantitative estimate of drug-likeness (QED) is 0.922. The van der Waals surface area contributed by atoms with Gasteiger partial charge < -0.3 is 5.73 Å². The molecule has 2 nitrogen and oxygen atoms in total. The number of benzene rings is 1. The molecular weight excluding hydrogens is 288 g/mol. The van der Waals surface area contributed by atoms with Crippen LogP contribution < -0.4 is 5.73 Å². The molecule has 1 aliphatic heterocycles. The van der Waals surface area contributed by atoms with Crippen LogP contribution in [0.15, 0.2) is 22.7 Å². The third kappa shape index (κ3) is 2.79. The molecule has 1 aliphatic rings. The molecule has 0 radical (unpaired) electrons. The van der Waals surface area contributed by atoms with Gasteiger partial charge in [-0.25, -0.2) is 0 Å².